The molecule has 0 spiro atoms. The van der Waals surface area contributed by atoms with Crippen molar-refractivity contribution in [2.75, 3.05) is 13.7 Å². The van der Waals surface area contributed by atoms with Gasteiger partial charge in [0.25, 0.3) is 0 Å². The molecule has 0 aromatic rings. The van der Waals surface area contributed by atoms with E-state index in [-0.39, 0.29) is 0 Å². The molecule has 2 heteroatoms. The van der Waals surface area contributed by atoms with Crippen LogP contribution in [0.3, 0.4) is 0 Å². The zero-order valence-corrected chi connectivity index (χ0v) is 6.72. The highest BCUT2D eigenvalue weighted by molar-refractivity contribution is 4.44. The maximum atomic E-state index is 7.00. The minimum Gasteiger partial charge on any atom is -0.400 e. The highest BCUT2D eigenvalue weighted by atomic mass is 16.2. The monoisotopic (exact) mass is 133 g/mol. The van der Waals surface area contributed by atoms with Gasteiger partial charge in [0.2, 0.25) is 0 Å². The van der Waals surface area contributed by atoms with Crippen LogP contribution in [0.15, 0.2) is 0 Å². The summed E-state index contributed by atoms with van der Waals surface area (Å²) in [6.07, 6.45) is 2.45. The van der Waals surface area contributed by atoms with Gasteiger partial charge in [-0.3, -0.25) is 0 Å². The molecule has 0 unspecified atom stereocenters. The topological polar surface area (TPSA) is 46.2 Å². The van der Waals surface area contributed by atoms with Crippen molar-refractivity contribution in [3.05, 3.63) is 0 Å². The van der Waals surface area contributed by atoms with E-state index in [0.717, 1.165) is 19.6 Å². The Morgan fingerprint density at radius 1 is 1.33 bits per heavy atom. The standard InChI is InChI=1S/C6H15N.CH4O/c1-6(2)4-3-5-7;1-2/h6H,3-5,7H2,1-2H3;2H,1H3. The molecule has 0 rings (SSSR count). The van der Waals surface area contributed by atoms with Crippen molar-refractivity contribution in [3.8, 4) is 0 Å². The molecular formula is C7H19NO. The van der Waals surface area contributed by atoms with E-state index >= 15 is 0 Å². The maximum absolute atomic E-state index is 7.00. The van der Waals surface area contributed by atoms with E-state index in [9.17, 15) is 0 Å². The molecule has 0 aromatic heterocycles. The molecule has 0 radical (unpaired) electrons. The van der Waals surface area contributed by atoms with Gasteiger partial charge in [-0.15, -0.1) is 0 Å². The molecule has 3 N–H and O–H groups in total. The lowest BCUT2D eigenvalue weighted by Gasteiger charge is -1.98. The summed E-state index contributed by atoms with van der Waals surface area (Å²) in [5.41, 5.74) is 5.28. The summed E-state index contributed by atoms with van der Waals surface area (Å²) in [5.74, 6) is 0.823. The Kier molecular flexibility index (Phi) is 14.0. The molecule has 0 atom stereocenters. The second-order valence-corrected chi connectivity index (χ2v) is 2.32. The van der Waals surface area contributed by atoms with E-state index in [0.29, 0.717) is 0 Å². The molecule has 9 heavy (non-hydrogen) atoms. The predicted octanol–water partition coefficient (Wildman–Crippen LogP) is 0.990. The number of aliphatic hydroxyl groups is 1. The van der Waals surface area contributed by atoms with Crippen LogP contribution in [0.2, 0.25) is 0 Å². The van der Waals surface area contributed by atoms with Crippen LogP contribution in [0.5, 0.6) is 0 Å². The Bertz CT molecular complexity index is 37.9. The maximum Gasteiger partial charge on any atom is 0.0319 e. The van der Waals surface area contributed by atoms with Crippen LogP contribution in [0.4, 0.5) is 0 Å². The Hall–Kier alpha value is -0.0800. The SMILES string of the molecule is CC(C)CCCN.CO. The van der Waals surface area contributed by atoms with Crippen molar-refractivity contribution in [2.24, 2.45) is 11.7 Å². The van der Waals surface area contributed by atoms with Gasteiger partial charge in [0, 0.05) is 7.11 Å². The van der Waals surface area contributed by atoms with Crippen LogP contribution < -0.4 is 5.73 Å². The molecule has 0 bridgehead atoms. The lowest BCUT2D eigenvalue weighted by atomic mass is 10.1. The highest BCUT2D eigenvalue weighted by Gasteiger charge is 1.88. The molecule has 0 saturated carbocycles. The molecule has 0 aliphatic carbocycles. The number of hydrogen-bond acceptors (Lipinski definition) is 2. The van der Waals surface area contributed by atoms with Crippen molar-refractivity contribution in [1.29, 1.82) is 0 Å². The average molecular weight is 133 g/mol. The lowest BCUT2D eigenvalue weighted by Crippen LogP contribution is -1.99. The zero-order valence-electron chi connectivity index (χ0n) is 6.72. The van der Waals surface area contributed by atoms with E-state index in [1.165, 1.54) is 12.8 Å². The van der Waals surface area contributed by atoms with Crippen LogP contribution >= 0.6 is 0 Å². The van der Waals surface area contributed by atoms with Gasteiger partial charge in [0.05, 0.1) is 0 Å². The third-order valence-electron chi connectivity index (χ3n) is 0.986. The molecule has 0 heterocycles. The van der Waals surface area contributed by atoms with Gasteiger partial charge < -0.3 is 10.8 Å². The second-order valence-electron chi connectivity index (χ2n) is 2.32. The zero-order chi connectivity index (χ0) is 7.70. The predicted molar refractivity (Wildman–Crippen MR) is 41.3 cm³/mol. The molecular weight excluding hydrogens is 114 g/mol. The molecule has 0 saturated heterocycles. The average Bonchev–Trinajstić information content (AvgIpc) is 1.88. The van der Waals surface area contributed by atoms with Gasteiger partial charge in [-0.2, -0.15) is 0 Å². The highest BCUT2D eigenvalue weighted by Crippen LogP contribution is 2.00. The summed E-state index contributed by atoms with van der Waals surface area (Å²) in [5, 5.41) is 7.00. The number of rotatable bonds is 3. The van der Waals surface area contributed by atoms with Gasteiger partial charge >= 0.3 is 0 Å². The quantitative estimate of drug-likeness (QED) is 0.603. The number of aliphatic hydroxyl groups excluding tert-OH is 1. The summed E-state index contributed by atoms with van der Waals surface area (Å²) in [4.78, 5) is 0. The van der Waals surface area contributed by atoms with Crippen molar-refractivity contribution in [3.63, 3.8) is 0 Å². The first kappa shape index (κ1) is 11.7. The fraction of sp³-hybridized carbons (Fsp3) is 1.00. The minimum absolute atomic E-state index is 0.823. The fourth-order valence-electron chi connectivity index (χ4n) is 0.526. The van der Waals surface area contributed by atoms with Crippen molar-refractivity contribution < 1.29 is 5.11 Å². The summed E-state index contributed by atoms with van der Waals surface area (Å²) in [6, 6.07) is 0. The van der Waals surface area contributed by atoms with E-state index in [1.54, 1.807) is 0 Å². The first-order valence-electron chi connectivity index (χ1n) is 3.42. The number of nitrogens with two attached hydrogens (primary N) is 1. The van der Waals surface area contributed by atoms with Crippen LogP contribution in [-0.4, -0.2) is 18.8 Å². The Morgan fingerprint density at radius 2 is 1.78 bits per heavy atom. The first-order chi connectivity index (χ1) is 4.27. The first-order valence-corrected chi connectivity index (χ1v) is 3.42. The van der Waals surface area contributed by atoms with Gasteiger partial charge in [-0.05, 0) is 25.3 Å². The Balaban J connectivity index is 0. The van der Waals surface area contributed by atoms with Crippen molar-refractivity contribution >= 4 is 0 Å². The minimum atomic E-state index is 0.823. The molecule has 0 amide bonds. The summed E-state index contributed by atoms with van der Waals surface area (Å²) in [7, 11) is 1.00. The van der Waals surface area contributed by atoms with Crippen LogP contribution in [-0.2, 0) is 0 Å². The molecule has 0 aliphatic heterocycles. The molecule has 0 aliphatic rings. The normalized spacial score (nSPS) is 8.67. The van der Waals surface area contributed by atoms with Crippen LogP contribution in [0.25, 0.3) is 0 Å². The third-order valence-corrected chi connectivity index (χ3v) is 0.986. The van der Waals surface area contributed by atoms with Crippen LogP contribution in [0, 0.1) is 5.92 Å². The van der Waals surface area contributed by atoms with Gasteiger partial charge in [0.1, 0.15) is 0 Å². The molecule has 2 nitrogen and oxygen atoms in total. The second kappa shape index (κ2) is 10.8. The van der Waals surface area contributed by atoms with E-state index in [4.69, 9.17) is 10.8 Å². The Morgan fingerprint density at radius 3 is 1.89 bits per heavy atom. The van der Waals surface area contributed by atoms with E-state index in [2.05, 4.69) is 13.8 Å². The van der Waals surface area contributed by atoms with Gasteiger partial charge in [-0.25, -0.2) is 0 Å². The van der Waals surface area contributed by atoms with Crippen LogP contribution in [0.1, 0.15) is 26.7 Å². The van der Waals surface area contributed by atoms with Crippen molar-refractivity contribution in [1.82, 2.24) is 0 Å². The van der Waals surface area contributed by atoms with Crippen molar-refractivity contribution in [2.45, 2.75) is 26.7 Å². The molecule has 58 valence electrons. The largest absolute Gasteiger partial charge is 0.400 e. The lowest BCUT2D eigenvalue weighted by molar-refractivity contribution is 0.399. The summed E-state index contributed by atoms with van der Waals surface area (Å²) >= 11 is 0. The van der Waals surface area contributed by atoms with E-state index in [1.807, 2.05) is 0 Å². The third kappa shape index (κ3) is 18.1. The molecule has 0 fully saturated rings. The Labute approximate surface area is 58.1 Å². The molecule has 0 aromatic carbocycles. The van der Waals surface area contributed by atoms with E-state index < -0.39 is 0 Å². The fourth-order valence-corrected chi connectivity index (χ4v) is 0.526. The summed E-state index contributed by atoms with van der Waals surface area (Å²) < 4.78 is 0. The smallest absolute Gasteiger partial charge is 0.0319 e. The van der Waals surface area contributed by atoms with Gasteiger partial charge in [-0.1, -0.05) is 13.8 Å². The summed E-state index contributed by atoms with van der Waals surface area (Å²) in [6.45, 7) is 5.28. The number of hydrogen-bond donors (Lipinski definition) is 2. The van der Waals surface area contributed by atoms with Gasteiger partial charge in [0.15, 0.2) is 0 Å².